The van der Waals surface area contributed by atoms with Crippen molar-refractivity contribution in [2.24, 2.45) is 0 Å². The Morgan fingerprint density at radius 2 is 1.96 bits per heavy atom. The Labute approximate surface area is 147 Å². The summed E-state index contributed by atoms with van der Waals surface area (Å²) in [6, 6.07) is 1.96. The van der Waals surface area contributed by atoms with E-state index in [4.69, 9.17) is 14.5 Å². The molecule has 0 aromatic carbocycles. The summed E-state index contributed by atoms with van der Waals surface area (Å²) < 4.78 is 34.4. The van der Waals surface area contributed by atoms with Crippen LogP contribution >= 0.6 is 0 Å². The van der Waals surface area contributed by atoms with Gasteiger partial charge in [-0.15, -0.1) is 0 Å². The van der Waals surface area contributed by atoms with Crippen LogP contribution in [0.25, 0.3) is 0 Å². The Morgan fingerprint density at radius 1 is 1.20 bits per heavy atom. The van der Waals surface area contributed by atoms with Gasteiger partial charge < -0.3 is 19.3 Å². The first kappa shape index (κ1) is 18.4. The minimum Gasteiger partial charge on any atom is -0.378 e. The number of likely N-dealkylation sites (tertiary alicyclic amines) is 1. The lowest BCUT2D eigenvalue weighted by Gasteiger charge is -2.32. The molecule has 0 aliphatic carbocycles. The van der Waals surface area contributed by atoms with Gasteiger partial charge in [0.1, 0.15) is 18.2 Å². The van der Waals surface area contributed by atoms with Crippen LogP contribution in [0.5, 0.6) is 0 Å². The summed E-state index contributed by atoms with van der Waals surface area (Å²) in [4.78, 5) is 13.8. The highest BCUT2D eigenvalue weighted by molar-refractivity contribution is 5.38. The molecule has 0 atom stereocenters. The van der Waals surface area contributed by atoms with Crippen LogP contribution < -0.4 is 4.90 Å². The van der Waals surface area contributed by atoms with Gasteiger partial charge in [0.25, 0.3) is 6.43 Å². The average molecular weight is 356 g/mol. The quantitative estimate of drug-likeness (QED) is 0.694. The van der Waals surface area contributed by atoms with Crippen molar-refractivity contribution in [3.63, 3.8) is 0 Å². The third-order valence-electron chi connectivity index (χ3n) is 4.74. The Bertz CT molecular complexity index is 521. The van der Waals surface area contributed by atoms with Gasteiger partial charge in [-0.05, 0) is 32.0 Å². The van der Waals surface area contributed by atoms with Gasteiger partial charge in [0, 0.05) is 31.7 Å². The molecular weight excluding hydrogens is 330 g/mol. The van der Waals surface area contributed by atoms with Gasteiger partial charge in [0.2, 0.25) is 0 Å². The van der Waals surface area contributed by atoms with Crippen LogP contribution in [-0.4, -0.2) is 80.4 Å². The highest BCUT2D eigenvalue weighted by Crippen LogP contribution is 2.26. The second kappa shape index (κ2) is 9.35. The van der Waals surface area contributed by atoms with Gasteiger partial charge in [0.15, 0.2) is 0 Å². The molecule has 0 N–H and O–H groups in total. The average Bonchev–Trinajstić information content (AvgIpc) is 2.66. The molecule has 2 fully saturated rings. The van der Waals surface area contributed by atoms with Gasteiger partial charge in [0.05, 0.1) is 19.8 Å². The Kier molecular flexibility index (Phi) is 6.89. The van der Waals surface area contributed by atoms with Crippen molar-refractivity contribution < 1.29 is 18.3 Å². The van der Waals surface area contributed by atoms with Crippen molar-refractivity contribution in [2.45, 2.75) is 25.2 Å². The molecule has 2 aliphatic heterocycles. The summed E-state index contributed by atoms with van der Waals surface area (Å²) in [6.07, 6.45) is 1.43. The highest BCUT2D eigenvalue weighted by atomic mass is 19.3. The SMILES string of the molecule is FC(F)COCCN1CCC(c2nccc(N3CCOCC3)n2)CC1. The predicted molar refractivity (Wildman–Crippen MR) is 90.3 cm³/mol. The molecule has 2 saturated heterocycles. The number of aromatic nitrogens is 2. The second-order valence-electron chi connectivity index (χ2n) is 6.45. The van der Waals surface area contributed by atoms with E-state index in [0.29, 0.717) is 19.1 Å². The normalized spacial score (nSPS) is 20.4. The summed E-state index contributed by atoms with van der Waals surface area (Å²) in [5.74, 6) is 2.26. The smallest absolute Gasteiger partial charge is 0.261 e. The maximum atomic E-state index is 12.0. The number of hydrogen-bond acceptors (Lipinski definition) is 6. The molecule has 1 aromatic heterocycles. The molecule has 0 bridgehead atoms. The number of anilines is 1. The molecule has 0 unspecified atom stereocenters. The predicted octanol–water partition coefficient (Wildman–Crippen LogP) is 1.77. The van der Waals surface area contributed by atoms with Gasteiger partial charge in [-0.2, -0.15) is 0 Å². The number of ether oxygens (including phenoxy) is 2. The largest absolute Gasteiger partial charge is 0.378 e. The number of morpholine rings is 1. The van der Waals surface area contributed by atoms with Gasteiger partial charge in [-0.25, -0.2) is 18.7 Å². The standard InChI is InChI=1S/C17H26F2N4O2/c18-15(19)13-25-10-7-22-5-2-14(3-6-22)17-20-4-1-16(21-17)23-8-11-24-12-9-23/h1,4,14-15H,2-3,5-13H2. The molecule has 0 amide bonds. The number of rotatable bonds is 7. The first-order valence-electron chi connectivity index (χ1n) is 8.96. The molecule has 3 rings (SSSR count). The first-order valence-corrected chi connectivity index (χ1v) is 8.96. The molecule has 25 heavy (non-hydrogen) atoms. The summed E-state index contributed by atoms with van der Waals surface area (Å²) in [5.41, 5.74) is 0. The molecular formula is C17H26F2N4O2. The van der Waals surface area contributed by atoms with E-state index in [0.717, 1.165) is 63.9 Å². The zero-order valence-corrected chi connectivity index (χ0v) is 14.4. The van der Waals surface area contributed by atoms with E-state index in [9.17, 15) is 8.78 Å². The lowest BCUT2D eigenvalue weighted by Crippen LogP contribution is -2.37. The molecule has 0 spiro atoms. The van der Waals surface area contributed by atoms with Gasteiger partial charge in [-0.1, -0.05) is 0 Å². The number of nitrogens with zero attached hydrogens (tertiary/aromatic N) is 4. The van der Waals surface area contributed by atoms with Crippen LogP contribution in [0.15, 0.2) is 12.3 Å². The maximum Gasteiger partial charge on any atom is 0.261 e. The van der Waals surface area contributed by atoms with Crippen LogP contribution in [0.4, 0.5) is 14.6 Å². The van der Waals surface area contributed by atoms with Crippen molar-refractivity contribution in [3.8, 4) is 0 Å². The van der Waals surface area contributed by atoms with Gasteiger partial charge >= 0.3 is 0 Å². The zero-order chi connectivity index (χ0) is 17.5. The van der Waals surface area contributed by atoms with Crippen molar-refractivity contribution in [1.29, 1.82) is 0 Å². The summed E-state index contributed by atoms with van der Waals surface area (Å²) in [5, 5.41) is 0. The minimum absolute atomic E-state index is 0.359. The van der Waals surface area contributed by atoms with Crippen LogP contribution in [0.3, 0.4) is 0 Å². The monoisotopic (exact) mass is 356 g/mol. The highest BCUT2D eigenvalue weighted by Gasteiger charge is 2.23. The lowest BCUT2D eigenvalue weighted by atomic mass is 9.96. The van der Waals surface area contributed by atoms with E-state index in [1.807, 2.05) is 12.3 Å². The van der Waals surface area contributed by atoms with Crippen LogP contribution in [-0.2, 0) is 9.47 Å². The van der Waals surface area contributed by atoms with E-state index in [2.05, 4.69) is 14.8 Å². The van der Waals surface area contributed by atoms with E-state index < -0.39 is 13.0 Å². The molecule has 6 nitrogen and oxygen atoms in total. The molecule has 2 aliphatic rings. The summed E-state index contributed by atoms with van der Waals surface area (Å²) in [6.45, 7) is 5.66. The topological polar surface area (TPSA) is 50.7 Å². The lowest BCUT2D eigenvalue weighted by molar-refractivity contribution is 0.00783. The first-order chi connectivity index (χ1) is 12.2. The van der Waals surface area contributed by atoms with Crippen molar-refractivity contribution in [1.82, 2.24) is 14.9 Å². The molecule has 1 aromatic rings. The Balaban J connectivity index is 1.46. The van der Waals surface area contributed by atoms with E-state index >= 15 is 0 Å². The summed E-state index contributed by atoms with van der Waals surface area (Å²) in [7, 11) is 0. The van der Waals surface area contributed by atoms with Crippen LogP contribution in [0.1, 0.15) is 24.6 Å². The van der Waals surface area contributed by atoms with Crippen molar-refractivity contribution in [3.05, 3.63) is 18.1 Å². The second-order valence-corrected chi connectivity index (χ2v) is 6.45. The van der Waals surface area contributed by atoms with E-state index in [-0.39, 0.29) is 0 Å². The molecule has 8 heteroatoms. The molecule has 140 valence electrons. The van der Waals surface area contributed by atoms with Crippen LogP contribution in [0.2, 0.25) is 0 Å². The number of hydrogen-bond donors (Lipinski definition) is 0. The summed E-state index contributed by atoms with van der Waals surface area (Å²) >= 11 is 0. The fraction of sp³-hybridized carbons (Fsp3) is 0.765. The van der Waals surface area contributed by atoms with Crippen molar-refractivity contribution in [2.75, 3.05) is 64.1 Å². The molecule has 0 radical (unpaired) electrons. The molecule has 3 heterocycles. The third kappa shape index (κ3) is 5.55. The number of piperidine rings is 1. The van der Waals surface area contributed by atoms with Crippen molar-refractivity contribution >= 4 is 5.82 Å². The van der Waals surface area contributed by atoms with E-state index in [1.165, 1.54) is 0 Å². The zero-order valence-electron chi connectivity index (χ0n) is 14.4. The molecule has 0 saturated carbocycles. The van der Waals surface area contributed by atoms with E-state index in [1.54, 1.807) is 0 Å². The Hall–Kier alpha value is -1.38. The Morgan fingerprint density at radius 3 is 2.68 bits per heavy atom. The number of halogens is 2. The van der Waals surface area contributed by atoms with Crippen LogP contribution in [0, 0.1) is 0 Å². The fourth-order valence-electron chi connectivity index (χ4n) is 3.31. The van der Waals surface area contributed by atoms with Gasteiger partial charge in [-0.3, -0.25) is 0 Å². The third-order valence-corrected chi connectivity index (χ3v) is 4.74. The minimum atomic E-state index is -2.39. The maximum absolute atomic E-state index is 12.0. The fourth-order valence-corrected chi connectivity index (χ4v) is 3.31. The number of alkyl halides is 2.